The number of nitrogens with one attached hydrogen (secondary N) is 2. The third-order valence-corrected chi connectivity index (χ3v) is 4.55. The molecular formula is C20H26Cl2N4O2. The second kappa shape index (κ2) is 11.5. The molecule has 0 aromatic heterocycles. The Morgan fingerprint density at radius 1 is 0.964 bits per heavy atom. The summed E-state index contributed by atoms with van der Waals surface area (Å²) in [5.74, 6) is -0.154. The molecule has 4 N–H and O–H groups in total. The van der Waals surface area contributed by atoms with E-state index in [1.807, 2.05) is 36.4 Å². The second-order valence-electron chi connectivity index (χ2n) is 6.53. The lowest BCUT2D eigenvalue weighted by Crippen LogP contribution is -2.46. The fourth-order valence-corrected chi connectivity index (χ4v) is 3.13. The summed E-state index contributed by atoms with van der Waals surface area (Å²) in [6.07, 6.45) is 1.63. The third kappa shape index (κ3) is 6.71. The zero-order chi connectivity index (χ0) is 18.4. The topological polar surface area (TPSA) is 87.5 Å². The minimum Gasteiger partial charge on any atom is -0.398 e. The Morgan fingerprint density at radius 2 is 1.57 bits per heavy atom. The summed E-state index contributed by atoms with van der Waals surface area (Å²) in [7, 11) is 0. The Labute approximate surface area is 177 Å². The lowest BCUT2D eigenvalue weighted by molar-refractivity contribution is -0.117. The van der Waals surface area contributed by atoms with E-state index in [-0.39, 0.29) is 42.7 Å². The predicted molar refractivity (Wildman–Crippen MR) is 117 cm³/mol. The molecule has 0 bridgehead atoms. The van der Waals surface area contributed by atoms with Gasteiger partial charge in [0.05, 0.1) is 12.1 Å². The number of carbonyl (C=O) groups excluding carboxylic acids is 2. The van der Waals surface area contributed by atoms with Crippen LogP contribution < -0.4 is 16.4 Å². The second-order valence-corrected chi connectivity index (χ2v) is 6.53. The molecule has 3 rings (SSSR count). The Kier molecular flexibility index (Phi) is 9.79. The van der Waals surface area contributed by atoms with Crippen molar-refractivity contribution in [3.63, 3.8) is 0 Å². The molecule has 8 heteroatoms. The molecule has 0 saturated carbocycles. The quantitative estimate of drug-likeness (QED) is 0.643. The molecule has 1 fully saturated rings. The largest absolute Gasteiger partial charge is 0.398 e. The molecule has 0 spiro atoms. The number of para-hydroxylation sites is 2. The highest BCUT2D eigenvalue weighted by Crippen LogP contribution is 2.14. The van der Waals surface area contributed by atoms with Gasteiger partial charge in [-0.2, -0.15) is 0 Å². The van der Waals surface area contributed by atoms with Crippen LogP contribution in [0.4, 0.5) is 11.4 Å². The number of hydrogen-bond acceptors (Lipinski definition) is 4. The minimum absolute atomic E-state index is 0. The first-order chi connectivity index (χ1) is 12.6. The molecule has 1 aliphatic rings. The van der Waals surface area contributed by atoms with Gasteiger partial charge in [0.1, 0.15) is 0 Å². The number of amides is 2. The number of halogens is 2. The third-order valence-electron chi connectivity index (χ3n) is 4.55. The predicted octanol–water partition coefficient (Wildman–Crippen LogP) is 2.95. The highest BCUT2D eigenvalue weighted by atomic mass is 35.5. The summed E-state index contributed by atoms with van der Waals surface area (Å²) in [5.41, 5.74) is 7.66. The van der Waals surface area contributed by atoms with Gasteiger partial charge in [-0.05, 0) is 37.1 Å². The van der Waals surface area contributed by atoms with Gasteiger partial charge in [0, 0.05) is 30.5 Å². The van der Waals surface area contributed by atoms with E-state index in [9.17, 15) is 9.59 Å². The van der Waals surface area contributed by atoms with Crippen molar-refractivity contribution >= 4 is 48.0 Å². The normalized spacial score (nSPS) is 14.3. The number of piperidine rings is 1. The van der Waals surface area contributed by atoms with Crippen molar-refractivity contribution in [2.45, 2.75) is 18.9 Å². The fraction of sp³-hybridized carbons (Fsp3) is 0.300. The van der Waals surface area contributed by atoms with Gasteiger partial charge in [-0.3, -0.25) is 14.5 Å². The molecule has 2 aromatic carbocycles. The van der Waals surface area contributed by atoms with Gasteiger partial charge < -0.3 is 16.4 Å². The van der Waals surface area contributed by atoms with Crippen LogP contribution in [0.15, 0.2) is 54.6 Å². The van der Waals surface area contributed by atoms with Gasteiger partial charge in [0.25, 0.3) is 5.91 Å². The first kappa shape index (κ1) is 23.8. The molecule has 1 saturated heterocycles. The van der Waals surface area contributed by atoms with Crippen molar-refractivity contribution < 1.29 is 9.59 Å². The van der Waals surface area contributed by atoms with Crippen molar-refractivity contribution in [1.82, 2.24) is 10.2 Å². The highest BCUT2D eigenvalue weighted by Gasteiger charge is 2.23. The van der Waals surface area contributed by atoms with Crippen LogP contribution in [-0.4, -0.2) is 42.4 Å². The summed E-state index contributed by atoms with van der Waals surface area (Å²) >= 11 is 0. The number of benzene rings is 2. The van der Waals surface area contributed by atoms with Crippen LogP contribution in [0.3, 0.4) is 0 Å². The molecule has 0 unspecified atom stereocenters. The Morgan fingerprint density at radius 3 is 2.21 bits per heavy atom. The van der Waals surface area contributed by atoms with Crippen LogP contribution in [0.1, 0.15) is 23.2 Å². The van der Waals surface area contributed by atoms with Crippen LogP contribution in [-0.2, 0) is 4.79 Å². The number of anilines is 2. The molecule has 6 nitrogen and oxygen atoms in total. The number of carbonyl (C=O) groups is 2. The standard InChI is InChI=1S/C20H24N4O2.2ClH/c21-18-9-5-4-8-17(18)20(26)23-16-10-12-24(13-11-16)14-19(25)22-15-6-2-1-3-7-15;;/h1-9,16H,10-14,21H2,(H,22,25)(H,23,26);2*1H. The molecule has 2 aromatic rings. The van der Waals surface area contributed by atoms with Gasteiger partial charge in [-0.25, -0.2) is 0 Å². The van der Waals surface area contributed by atoms with E-state index in [2.05, 4.69) is 15.5 Å². The lowest BCUT2D eigenvalue weighted by Gasteiger charge is -2.31. The average molecular weight is 425 g/mol. The highest BCUT2D eigenvalue weighted by molar-refractivity contribution is 5.99. The van der Waals surface area contributed by atoms with Crippen LogP contribution >= 0.6 is 24.8 Å². The maximum atomic E-state index is 12.3. The van der Waals surface area contributed by atoms with E-state index in [0.717, 1.165) is 31.6 Å². The number of nitrogen functional groups attached to an aromatic ring is 1. The van der Waals surface area contributed by atoms with E-state index in [4.69, 9.17) is 5.73 Å². The minimum atomic E-state index is -0.136. The smallest absolute Gasteiger partial charge is 0.253 e. The summed E-state index contributed by atoms with van der Waals surface area (Å²) in [6, 6.07) is 16.6. The van der Waals surface area contributed by atoms with Gasteiger partial charge in [0.2, 0.25) is 5.91 Å². The van der Waals surface area contributed by atoms with Gasteiger partial charge in [-0.15, -0.1) is 24.8 Å². The maximum absolute atomic E-state index is 12.3. The molecule has 0 radical (unpaired) electrons. The summed E-state index contributed by atoms with van der Waals surface area (Å²) in [4.78, 5) is 26.6. The molecule has 2 amide bonds. The summed E-state index contributed by atoms with van der Waals surface area (Å²) < 4.78 is 0. The summed E-state index contributed by atoms with van der Waals surface area (Å²) in [6.45, 7) is 1.91. The first-order valence-corrected chi connectivity index (χ1v) is 8.84. The molecule has 1 heterocycles. The number of hydrogen-bond donors (Lipinski definition) is 3. The first-order valence-electron chi connectivity index (χ1n) is 8.84. The van der Waals surface area contributed by atoms with E-state index >= 15 is 0 Å². The molecule has 152 valence electrons. The Hall–Kier alpha value is -2.28. The van der Waals surface area contributed by atoms with Gasteiger partial charge in [0.15, 0.2) is 0 Å². The molecular weight excluding hydrogens is 399 g/mol. The SMILES string of the molecule is Cl.Cl.Nc1ccccc1C(=O)NC1CCN(CC(=O)Nc2ccccc2)CC1. The van der Waals surface area contributed by atoms with Crippen molar-refractivity contribution in [3.8, 4) is 0 Å². The maximum Gasteiger partial charge on any atom is 0.253 e. The Balaban J connectivity index is 0.00000196. The van der Waals surface area contributed by atoms with Crippen LogP contribution in [0.25, 0.3) is 0 Å². The zero-order valence-corrected chi connectivity index (χ0v) is 17.1. The molecule has 1 aliphatic heterocycles. The van der Waals surface area contributed by atoms with E-state index in [0.29, 0.717) is 17.8 Å². The van der Waals surface area contributed by atoms with Crippen LogP contribution in [0.2, 0.25) is 0 Å². The van der Waals surface area contributed by atoms with E-state index in [1.165, 1.54) is 0 Å². The fourth-order valence-electron chi connectivity index (χ4n) is 3.13. The molecule has 28 heavy (non-hydrogen) atoms. The van der Waals surface area contributed by atoms with Crippen molar-refractivity contribution in [2.75, 3.05) is 30.7 Å². The summed E-state index contributed by atoms with van der Waals surface area (Å²) in [5, 5.41) is 5.94. The molecule has 0 atom stereocenters. The lowest BCUT2D eigenvalue weighted by atomic mass is 10.0. The number of rotatable bonds is 5. The number of nitrogens with two attached hydrogens (primary N) is 1. The Bertz CT molecular complexity index is 766. The molecule has 0 aliphatic carbocycles. The van der Waals surface area contributed by atoms with Crippen molar-refractivity contribution in [2.24, 2.45) is 0 Å². The van der Waals surface area contributed by atoms with Crippen LogP contribution in [0.5, 0.6) is 0 Å². The van der Waals surface area contributed by atoms with E-state index in [1.54, 1.807) is 18.2 Å². The zero-order valence-electron chi connectivity index (χ0n) is 15.5. The monoisotopic (exact) mass is 424 g/mol. The number of likely N-dealkylation sites (tertiary alicyclic amines) is 1. The average Bonchev–Trinajstić information content (AvgIpc) is 2.64. The van der Waals surface area contributed by atoms with E-state index < -0.39 is 0 Å². The van der Waals surface area contributed by atoms with Gasteiger partial charge in [-0.1, -0.05) is 30.3 Å². The number of nitrogens with zero attached hydrogens (tertiary/aromatic N) is 1. The van der Waals surface area contributed by atoms with Crippen molar-refractivity contribution in [1.29, 1.82) is 0 Å². The van der Waals surface area contributed by atoms with Crippen LogP contribution in [0, 0.1) is 0 Å². The van der Waals surface area contributed by atoms with Gasteiger partial charge >= 0.3 is 0 Å². The van der Waals surface area contributed by atoms with Crippen molar-refractivity contribution in [3.05, 3.63) is 60.2 Å².